The highest BCUT2D eigenvalue weighted by Crippen LogP contribution is 2.31. The second-order valence-corrected chi connectivity index (χ2v) is 6.77. The van der Waals surface area contributed by atoms with Gasteiger partial charge < -0.3 is 0 Å². The van der Waals surface area contributed by atoms with Crippen molar-refractivity contribution in [2.45, 2.75) is 31.8 Å². The largest absolute Gasteiger partial charge is 0.154 e. The Morgan fingerprint density at radius 2 is 2.13 bits per heavy atom. The molecule has 0 bridgehead atoms. The van der Waals surface area contributed by atoms with Crippen LogP contribution in [0.4, 0.5) is 0 Å². The molecule has 2 heteroatoms. The molecule has 1 heterocycles. The van der Waals surface area contributed by atoms with Gasteiger partial charge >= 0.3 is 0 Å². The van der Waals surface area contributed by atoms with Gasteiger partial charge in [-0.1, -0.05) is 32.0 Å². The average Bonchev–Trinajstić information content (AvgIpc) is 2.59. The molecular formula is C13H16S2. The molecule has 1 aromatic heterocycles. The molecule has 0 nitrogen and oxygen atoms in total. The van der Waals surface area contributed by atoms with E-state index in [0.717, 1.165) is 11.0 Å². The third-order valence-corrected chi connectivity index (χ3v) is 4.96. The van der Waals surface area contributed by atoms with Crippen LogP contribution in [0.5, 0.6) is 0 Å². The van der Waals surface area contributed by atoms with Crippen molar-refractivity contribution >= 4 is 33.2 Å². The number of hydrogen-bond donors (Lipinski definition) is 0. The zero-order chi connectivity index (χ0) is 10.8. The van der Waals surface area contributed by atoms with E-state index in [1.54, 1.807) is 0 Å². The quantitative estimate of drug-likeness (QED) is 0.734. The first-order valence-electron chi connectivity index (χ1n) is 5.26. The summed E-state index contributed by atoms with van der Waals surface area (Å²) in [6.45, 7) is 6.70. The van der Waals surface area contributed by atoms with Crippen molar-refractivity contribution in [3.8, 4) is 0 Å². The van der Waals surface area contributed by atoms with Crippen molar-refractivity contribution in [1.82, 2.24) is 0 Å². The molecule has 0 saturated heterocycles. The molecule has 1 aromatic carbocycles. The standard InChI is InChI=1S/C13H16S2/c1-9(2)14-8-12-7-11-6-4-5-10(3)13(11)15-12/h4-7,9H,8H2,1-3H3. The Balaban J connectivity index is 2.27. The zero-order valence-corrected chi connectivity index (χ0v) is 11.0. The molecular weight excluding hydrogens is 220 g/mol. The summed E-state index contributed by atoms with van der Waals surface area (Å²) in [5, 5.41) is 2.12. The Hall–Kier alpha value is -0.470. The Morgan fingerprint density at radius 1 is 1.33 bits per heavy atom. The fourth-order valence-electron chi connectivity index (χ4n) is 1.58. The number of thiophene rings is 1. The number of aryl methyl sites for hydroxylation is 1. The highest BCUT2D eigenvalue weighted by Gasteiger charge is 2.04. The predicted molar refractivity (Wildman–Crippen MR) is 73.0 cm³/mol. The lowest BCUT2D eigenvalue weighted by molar-refractivity contribution is 1.11. The molecule has 0 saturated carbocycles. The van der Waals surface area contributed by atoms with E-state index >= 15 is 0 Å². The summed E-state index contributed by atoms with van der Waals surface area (Å²) >= 11 is 3.96. The van der Waals surface area contributed by atoms with E-state index in [1.165, 1.54) is 20.5 Å². The lowest BCUT2D eigenvalue weighted by atomic mass is 10.2. The summed E-state index contributed by atoms with van der Waals surface area (Å²) in [4.78, 5) is 1.50. The molecule has 0 aliphatic carbocycles. The lowest BCUT2D eigenvalue weighted by Gasteiger charge is -2.00. The van der Waals surface area contributed by atoms with Crippen LogP contribution in [0.25, 0.3) is 10.1 Å². The summed E-state index contributed by atoms with van der Waals surface area (Å²) in [7, 11) is 0. The molecule has 0 amide bonds. The maximum absolute atomic E-state index is 2.34. The van der Waals surface area contributed by atoms with Crippen molar-refractivity contribution in [1.29, 1.82) is 0 Å². The molecule has 0 fully saturated rings. The van der Waals surface area contributed by atoms with Crippen molar-refractivity contribution < 1.29 is 0 Å². The first-order chi connectivity index (χ1) is 7.16. The van der Waals surface area contributed by atoms with E-state index in [9.17, 15) is 0 Å². The summed E-state index contributed by atoms with van der Waals surface area (Å²) < 4.78 is 1.46. The molecule has 2 aromatic rings. The summed E-state index contributed by atoms with van der Waals surface area (Å²) in [5.74, 6) is 1.15. The van der Waals surface area contributed by atoms with Crippen LogP contribution in [0, 0.1) is 6.92 Å². The smallest absolute Gasteiger partial charge is 0.0375 e. The Bertz CT molecular complexity index is 455. The number of thioether (sulfide) groups is 1. The van der Waals surface area contributed by atoms with Crippen LogP contribution in [0.15, 0.2) is 24.3 Å². The second-order valence-electron chi connectivity index (χ2n) is 4.07. The van der Waals surface area contributed by atoms with Gasteiger partial charge in [0.25, 0.3) is 0 Å². The lowest BCUT2D eigenvalue weighted by Crippen LogP contribution is -1.85. The Labute approximate surface area is 99.7 Å². The van der Waals surface area contributed by atoms with E-state index in [-0.39, 0.29) is 0 Å². The Morgan fingerprint density at radius 3 is 2.80 bits per heavy atom. The fraction of sp³-hybridized carbons (Fsp3) is 0.385. The van der Waals surface area contributed by atoms with E-state index in [2.05, 4.69) is 45.0 Å². The van der Waals surface area contributed by atoms with Crippen molar-refractivity contribution in [2.24, 2.45) is 0 Å². The molecule has 15 heavy (non-hydrogen) atoms. The summed E-state index contributed by atoms with van der Waals surface area (Å²) in [6.07, 6.45) is 0. The van der Waals surface area contributed by atoms with Gasteiger partial charge in [0.15, 0.2) is 0 Å². The van der Waals surface area contributed by atoms with Gasteiger partial charge in [-0.2, -0.15) is 11.8 Å². The van der Waals surface area contributed by atoms with Gasteiger partial charge in [-0.15, -0.1) is 11.3 Å². The third kappa shape index (κ3) is 2.56. The maximum atomic E-state index is 2.34. The van der Waals surface area contributed by atoms with E-state index in [1.807, 2.05) is 23.1 Å². The average molecular weight is 236 g/mol. The second kappa shape index (κ2) is 4.58. The third-order valence-electron chi connectivity index (χ3n) is 2.35. The first-order valence-corrected chi connectivity index (χ1v) is 7.13. The van der Waals surface area contributed by atoms with Crippen LogP contribution >= 0.6 is 23.1 Å². The predicted octanol–water partition coefficient (Wildman–Crippen LogP) is 4.85. The highest BCUT2D eigenvalue weighted by molar-refractivity contribution is 7.99. The van der Waals surface area contributed by atoms with Crippen LogP contribution in [0.1, 0.15) is 24.3 Å². The van der Waals surface area contributed by atoms with Gasteiger partial charge in [-0.25, -0.2) is 0 Å². The van der Waals surface area contributed by atoms with E-state index in [4.69, 9.17) is 0 Å². The van der Waals surface area contributed by atoms with Crippen LogP contribution in [-0.4, -0.2) is 5.25 Å². The molecule has 0 unspecified atom stereocenters. The minimum absolute atomic E-state index is 0.719. The van der Waals surface area contributed by atoms with Gasteiger partial charge in [-0.05, 0) is 29.2 Å². The highest BCUT2D eigenvalue weighted by atomic mass is 32.2. The SMILES string of the molecule is Cc1cccc2cc(CSC(C)C)sc12. The molecule has 0 spiro atoms. The fourth-order valence-corrected chi connectivity index (χ4v) is 3.52. The molecule has 0 atom stereocenters. The monoisotopic (exact) mass is 236 g/mol. The van der Waals surface area contributed by atoms with Crippen LogP contribution < -0.4 is 0 Å². The van der Waals surface area contributed by atoms with Gasteiger partial charge in [0, 0.05) is 15.3 Å². The number of fused-ring (bicyclic) bond motifs is 1. The van der Waals surface area contributed by atoms with Crippen molar-refractivity contribution in [3.05, 3.63) is 34.7 Å². The minimum atomic E-state index is 0.719. The van der Waals surface area contributed by atoms with Gasteiger partial charge in [0.2, 0.25) is 0 Å². The summed E-state index contributed by atoms with van der Waals surface area (Å²) in [5.41, 5.74) is 1.40. The topological polar surface area (TPSA) is 0 Å². The molecule has 0 radical (unpaired) electrons. The van der Waals surface area contributed by atoms with Crippen LogP contribution in [-0.2, 0) is 5.75 Å². The zero-order valence-electron chi connectivity index (χ0n) is 9.41. The van der Waals surface area contributed by atoms with Gasteiger partial charge in [0.05, 0.1) is 0 Å². The van der Waals surface area contributed by atoms with Gasteiger partial charge in [-0.3, -0.25) is 0 Å². The normalized spacial score (nSPS) is 11.5. The van der Waals surface area contributed by atoms with E-state index in [0.29, 0.717) is 0 Å². The minimum Gasteiger partial charge on any atom is -0.154 e. The molecule has 0 aliphatic heterocycles. The molecule has 0 aliphatic rings. The van der Waals surface area contributed by atoms with Crippen molar-refractivity contribution in [3.63, 3.8) is 0 Å². The van der Waals surface area contributed by atoms with Crippen LogP contribution in [0.2, 0.25) is 0 Å². The summed E-state index contributed by atoms with van der Waals surface area (Å²) in [6, 6.07) is 8.88. The first kappa shape index (κ1) is 11.0. The molecule has 2 rings (SSSR count). The Kier molecular flexibility index (Phi) is 3.37. The number of rotatable bonds is 3. The number of benzene rings is 1. The van der Waals surface area contributed by atoms with E-state index < -0.39 is 0 Å². The van der Waals surface area contributed by atoms with Crippen molar-refractivity contribution in [2.75, 3.05) is 0 Å². The van der Waals surface area contributed by atoms with Crippen LogP contribution in [0.3, 0.4) is 0 Å². The number of hydrogen-bond acceptors (Lipinski definition) is 2. The van der Waals surface area contributed by atoms with Gasteiger partial charge in [0.1, 0.15) is 0 Å². The molecule has 0 N–H and O–H groups in total. The molecule has 80 valence electrons. The maximum Gasteiger partial charge on any atom is 0.0375 e.